The molecule has 0 saturated carbocycles. The van der Waals surface area contributed by atoms with Gasteiger partial charge in [-0.05, 0) is 0 Å². The molecule has 0 spiro atoms. The second-order valence-electron chi connectivity index (χ2n) is 3.46. The van der Waals surface area contributed by atoms with Crippen LogP contribution in [0.4, 0.5) is 0 Å². The normalized spacial score (nSPS) is 41.6. The van der Waals surface area contributed by atoms with E-state index in [4.69, 9.17) is 22.4 Å². The Bertz CT molecular complexity index is 313. The van der Waals surface area contributed by atoms with E-state index in [0.29, 0.717) is 0 Å². The van der Waals surface area contributed by atoms with Gasteiger partial charge in [0.15, 0.2) is 4.87 Å². The number of carbonyl (C=O) groups excluding carboxylic acids is 1. The van der Waals surface area contributed by atoms with Gasteiger partial charge in [-0.1, -0.05) is 0 Å². The molecule has 0 radical (unpaired) electrons. The van der Waals surface area contributed by atoms with Gasteiger partial charge in [0.25, 0.3) is 0 Å². The molecule has 2 aliphatic heterocycles. The average molecular weight is 237 g/mol. The Balaban J connectivity index is 2.12. The lowest BCUT2D eigenvalue weighted by Gasteiger charge is -2.51. The number of carboxylic acids is 1. The highest BCUT2D eigenvalue weighted by molar-refractivity contribution is 8.00. The number of amides is 1. The molecule has 0 aromatic carbocycles. The minimum absolute atomic E-state index is 0.0497. The van der Waals surface area contributed by atoms with Crippen molar-refractivity contribution in [2.45, 2.75) is 16.3 Å². The van der Waals surface area contributed by atoms with Crippen molar-refractivity contribution in [3.8, 4) is 0 Å². The summed E-state index contributed by atoms with van der Waals surface area (Å²) in [6.07, 6.45) is 0. The summed E-state index contributed by atoms with van der Waals surface area (Å²) in [5.74, 6) is -1.02. The number of alkyl halides is 1. The minimum atomic E-state index is -1.35. The summed E-state index contributed by atoms with van der Waals surface area (Å²) in [4.78, 5) is 22.1. The number of carboxylic acid groups (broad SMARTS) is 1. The molecule has 3 N–H and O–H groups in total. The predicted octanol–water partition coefficient (Wildman–Crippen LogP) is -0.709. The van der Waals surface area contributed by atoms with Crippen molar-refractivity contribution in [1.29, 1.82) is 0 Å². The maximum absolute atomic E-state index is 11.2. The molecule has 0 aromatic rings. The van der Waals surface area contributed by atoms with E-state index < -0.39 is 16.9 Å². The fourth-order valence-electron chi connectivity index (χ4n) is 1.57. The third-order valence-electron chi connectivity index (χ3n) is 2.47. The van der Waals surface area contributed by atoms with Gasteiger partial charge in [0.1, 0.15) is 11.4 Å². The lowest BCUT2D eigenvalue weighted by Crippen LogP contribution is -2.72. The smallest absolute Gasteiger partial charge is 0.327 e. The fraction of sp³-hybridized carbons (Fsp3) is 0.714. The highest BCUT2D eigenvalue weighted by atomic mass is 35.5. The van der Waals surface area contributed by atoms with Gasteiger partial charge < -0.3 is 15.7 Å². The van der Waals surface area contributed by atoms with Crippen LogP contribution in [0.2, 0.25) is 0 Å². The number of thioether (sulfide) groups is 1. The third-order valence-corrected chi connectivity index (χ3v) is 4.59. The van der Waals surface area contributed by atoms with E-state index in [0.717, 1.165) is 0 Å². The first-order valence-corrected chi connectivity index (χ1v) is 5.48. The maximum Gasteiger partial charge on any atom is 0.327 e. The molecule has 0 aromatic heterocycles. The number of hydrogen-bond donors (Lipinski definition) is 2. The second kappa shape index (κ2) is 3.01. The fourth-order valence-corrected chi connectivity index (χ4v) is 3.22. The van der Waals surface area contributed by atoms with Crippen LogP contribution < -0.4 is 5.73 Å². The van der Waals surface area contributed by atoms with Crippen LogP contribution in [0.15, 0.2) is 0 Å². The molecule has 2 fully saturated rings. The lowest BCUT2D eigenvalue weighted by molar-refractivity contribution is -0.148. The van der Waals surface area contributed by atoms with Crippen LogP contribution in [0.3, 0.4) is 0 Å². The van der Waals surface area contributed by atoms with Crippen molar-refractivity contribution in [3.05, 3.63) is 0 Å². The molecule has 1 amide bonds. The van der Waals surface area contributed by atoms with Crippen molar-refractivity contribution >= 4 is 35.2 Å². The summed E-state index contributed by atoms with van der Waals surface area (Å²) >= 11 is 7.19. The van der Waals surface area contributed by atoms with E-state index in [1.165, 1.54) is 16.7 Å². The van der Waals surface area contributed by atoms with Crippen LogP contribution in [0, 0.1) is 0 Å². The number of nitrogens with zero attached hydrogens (tertiary/aromatic N) is 1. The Morgan fingerprint density at radius 2 is 2.43 bits per heavy atom. The third kappa shape index (κ3) is 1.21. The Morgan fingerprint density at radius 3 is 3.00 bits per heavy atom. The summed E-state index contributed by atoms with van der Waals surface area (Å²) in [7, 11) is 0. The van der Waals surface area contributed by atoms with Gasteiger partial charge in [-0.15, -0.1) is 23.4 Å². The van der Waals surface area contributed by atoms with Crippen molar-refractivity contribution in [2.75, 3.05) is 12.3 Å². The zero-order chi connectivity index (χ0) is 10.5. The van der Waals surface area contributed by atoms with Crippen LogP contribution in [0.5, 0.6) is 0 Å². The Kier molecular flexibility index (Phi) is 2.17. The summed E-state index contributed by atoms with van der Waals surface area (Å²) < 4.78 is 0. The molecule has 78 valence electrons. The van der Waals surface area contributed by atoms with Crippen molar-refractivity contribution in [1.82, 2.24) is 4.90 Å². The molecule has 14 heavy (non-hydrogen) atoms. The standard InChI is InChI=1S/C7H9ClN2O3S/c8-7(6(12)13)1-10-4(11)3(9)5(10)14-2-7/h3,5H,1-2,9H2,(H,12,13)/t3?,5-,7?/m1/s1. The van der Waals surface area contributed by atoms with E-state index in [1.54, 1.807) is 0 Å². The highest BCUT2D eigenvalue weighted by Crippen LogP contribution is 2.40. The van der Waals surface area contributed by atoms with Crippen molar-refractivity contribution in [2.24, 2.45) is 5.73 Å². The van der Waals surface area contributed by atoms with Gasteiger partial charge in [0.05, 0.1) is 6.54 Å². The molecule has 0 aliphatic carbocycles. The van der Waals surface area contributed by atoms with E-state index in [9.17, 15) is 9.59 Å². The quantitative estimate of drug-likeness (QED) is 0.464. The van der Waals surface area contributed by atoms with Gasteiger partial charge >= 0.3 is 5.97 Å². The van der Waals surface area contributed by atoms with Crippen molar-refractivity contribution in [3.63, 3.8) is 0 Å². The molecule has 2 unspecified atom stereocenters. The van der Waals surface area contributed by atoms with Gasteiger partial charge in [-0.2, -0.15) is 0 Å². The summed E-state index contributed by atoms with van der Waals surface area (Å²) in [5.41, 5.74) is 5.54. The highest BCUT2D eigenvalue weighted by Gasteiger charge is 2.55. The van der Waals surface area contributed by atoms with E-state index in [2.05, 4.69) is 0 Å². The second-order valence-corrected chi connectivity index (χ2v) is 5.29. The van der Waals surface area contributed by atoms with Crippen LogP contribution in [0.1, 0.15) is 0 Å². The Labute approximate surface area is 89.6 Å². The van der Waals surface area contributed by atoms with Crippen LogP contribution >= 0.6 is 23.4 Å². The molecule has 0 bridgehead atoms. The number of rotatable bonds is 1. The number of carbonyl (C=O) groups is 2. The van der Waals surface area contributed by atoms with Gasteiger partial charge in [-0.25, -0.2) is 0 Å². The van der Waals surface area contributed by atoms with Crippen LogP contribution in [0.25, 0.3) is 0 Å². The first-order valence-electron chi connectivity index (χ1n) is 4.06. The molecule has 2 heterocycles. The molecule has 5 nitrogen and oxygen atoms in total. The molecule has 2 saturated heterocycles. The zero-order valence-corrected chi connectivity index (χ0v) is 8.72. The predicted molar refractivity (Wildman–Crippen MR) is 52.2 cm³/mol. The van der Waals surface area contributed by atoms with Gasteiger partial charge in [0, 0.05) is 5.75 Å². The number of β-lactam (4-membered cyclic amide) rings is 1. The SMILES string of the molecule is NC1C(=O)N2CC(Cl)(C(=O)O)CS[C@H]12. The number of halogens is 1. The van der Waals surface area contributed by atoms with Crippen LogP contribution in [-0.4, -0.2) is 50.5 Å². The lowest BCUT2D eigenvalue weighted by atomic mass is 10.0. The topological polar surface area (TPSA) is 83.6 Å². The van der Waals surface area contributed by atoms with Crippen molar-refractivity contribution < 1.29 is 14.7 Å². The van der Waals surface area contributed by atoms with Crippen LogP contribution in [-0.2, 0) is 9.59 Å². The number of nitrogens with two attached hydrogens (primary N) is 1. The van der Waals surface area contributed by atoms with E-state index in [1.807, 2.05) is 0 Å². The number of fused-ring (bicyclic) bond motifs is 1. The van der Waals surface area contributed by atoms with Gasteiger partial charge in [0.2, 0.25) is 5.91 Å². The average Bonchev–Trinajstić information content (AvgIpc) is 2.16. The van der Waals surface area contributed by atoms with E-state index in [-0.39, 0.29) is 23.6 Å². The van der Waals surface area contributed by atoms with Gasteiger partial charge in [-0.3, -0.25) is 9.59 Å². The maximum atomic E-state index is 11.2. The number of aliphatic carboxylic acids is 1. The first-order chi connectivity index (χ1) is 6.46. The Morgan fingerprint density at radius 1 is 1.79 bits per heavy atom. The van der Waals surface area contributed by atoms with E-state index >= 15 is 0 Å². The minimum Gasteiger partial charge on any atom is -0.480 e. The zero-order valence-electron chi connectivity index (χ0n) is 7.14. The summed E-state index contributed by atoms with van der Waals surface area (Å²) in [5, 5.41) is 8.77. The number of hydrogen-bond acceptors (Lipinski definition) is 4. The molecule has 2 rings (SSSR count). The summed E-state index contributed by atoms with van der Waals surface area (Å²) in [6, 6.07) is -0.491. The molecular formula is C7H9ClN2O3S. The molecule has 7 heteroatoms. The molecular weight excluding hydrogens is 228 g/mol. The molecule has 3 atom stereocenters. The first kappa shape index (κ1) is 10.1. The molecule has 2 aliphatic rings. The Hall–Kier alpha value is -0.460. The largest absolute Gasteiger partial charge is 0.480 e. The summed E-state index contributed by atoms with van der Waals surface area (Å²) in [6.45, 7) is 0.0497. The monoisotopic (exact) mass is 236 g/mol.